The van der Waals surface area contributed by atoms with E-state index in [0.717, 1.165) is 32.1 Å². The summed E-state index contributed by atoms with van der Waals surface area (Å²) in [6.45, 7) is 7.03. The second-order valence-electron chi connectivity index (χ2n) is 5.92. The molecule has 1 saturated heterocycles. The third-order valence-corrected chi connectivity index (χ3v) is 3.72. The van der Waals surface area contributed by atoms with Crippen molar-refractivity contribution in [2.24, 2.45) is 0 Å². The molecule has 1 N–H and O–H groups in total. The molecule has 0 spiro atoms. The third-order valence-electron chi connectivity index (χ3n) is 3.72. The number of carbonyl (C=O) groups is 1. The molecule has 2 aromatic rings. The van der Waals surface area contributed by atoms with Gasteiger partial charge in [0.05, 0.1) is 5.56 Å². The highest BCUT2D eigenvalue weighted by Gasteiger charge is 2.20. The van der Waals surface area contributed by atoms with Gasteiger partial charge >= 0.3 is 0 Å². The maximum absolute atomic E-state index is 11.9. The molecule has 0 saturated carbocycles. The number of anilines is 2. The van der Waals surface area contributed by atoms with Crippen LogP contribution in [0.25, 0.3) is 0 Å². The van der Waals surface area contributed by atoms with Crippen molar-refractivity contribution >= 4 is 17.8 Å². The van der Waals surface area contributed by atoms with Crippen LogP contribution in [0.1, 0.15) is 24.2 Å². The Labute approximate surface area is 141 Å². The summed E-state index contributed by atoms with van der Waals surface area (Å²) in [6.07, 6.45) is 6.65. The van der Waals surface area contributed by atoms with Gasteiger partial charge in [0, 0.05) is 57.0 Å². The quantitative estimate of drug-likeness (QED) is 0.886. The van der Waals surface area contributed by atoms with Crippen LogP contribution in [0.5, 0.6) is 0 Å². The monoisotopic (exact) mass is 327 g/mol. The Balaban J connectivity index is 1.59. The highest BCUT2D eigenvalue weighted by atomic mass is 16.1. The second-order valence-corrected chi connectivity index (χ2v) is 5.92. The maximum atomic E-state index is 11.9. The minimum atomic E-state index is -0.150. The minimum Gasteiger partial charge on any atom is -0.350 e. The number of carbonyl (C=O) groups excluding carboxylic acids is 1. The fourth-order valence-electron chi connectivity index (χ4n) is 2.51. The number of nitrogens with zero attached hydrogens (tertiary/aromatic N) is 6. The molecule has 1 aliphatic heterocycles. The van der Waals surface area contributed by atoms with Crippen LogP contribution in [0.3, 0.4) is 0 Å². The number of hydrogen-bond acceptors (Lipinski definition) is 7. The van der Waals surface area contributed by atoms with E-state index in [4.69, 9.17) is 0 Å². The molecule has 8 heteroatoms. The number of rotatable bonds is 4. The number of hydrogen-bond donors (Lipinski definition) is 1. The molecule has 1 fully saturated rings. The Morgan fingerprint density at radius 1 is 0.958 bits per heavy atom. The van der Waals surface area contributed by atoms with Crippen molar-refractivity contribution in [2.45, 2.75) is 19.9 Å². The van der Waals surface area contributed by atoms with Gasteiger partial charge in [-0.2, -0.15) is 0 Å². The summed E-state index contributed by atoms with van der Waals surface area (Å²) in [5.41, 5.74) is 0.476. The zero-order chi connectivity index (χ0) is 16.9. The Bertz CT molecular complexity index is 667. The lowest BCUT2D eigenvalue weighted by Crippen LogP contribution is -2.47. The molecule has 0 aliphatic carbocycles. The van der Waals surface area contributed by atoms with Crippen LogP contribution in [0.15, 0.2) is 30.9 Å². The van der Waals surface area contributed by atoms with E-state index >= 15 is 0 Å². The summed E-state index contributed by atoms with van der Waals surface area (Å²) >= 11 is 0. The molecule has 24 heavy (non-hydrogen) atoms. The molecule has 2 aromatic heterocycles. The second kappa shape index (κ2) is 7.20. The van der Waals surface area contributed by atoms with E-state index < -0.39 is 0 Å². The molecule has 0 unspecified atom stereocenters. The highest BCUT2D eigenvalue weighted by molar-refractivity contribution is 5.93. The van der Waals surface area contributed by atoms with Gasteiger partial charge < -0.3 is 15.1 Å². The molecule has 0 aromatic carbocycles. The average molecular weight is 327 g/mol. The smallest absolute Gasteiger partial charge is 0.254 e. The lowest BCUT2D eigenvalue weighted by molar-refractivity contribution is 0.0942. The molecule has 3 rings (SSSR count). The van der Waals surface area contributed by atoms with E-state index in [1.165, 1.54) is 0 Å². The summed E-state index contributed by atoms with van der Waals surface area (Å²) in [6, 6.07) is 1.90. The first-order valence-electron chi connectivity index (χ1n) is 8.03. The predicted molar refractivity (Wildman–Crippen MR) is 91.1 cm³/mol. The first-order chi connectivity index (χ1) is 11.6. The molecular formula is C16H21N7O. The molecule has 1 amide bonds. The van der Waals surface area contributed by atoms with Crippen LogP contribution in [0.2, 0.25) is 0 Å². The van der Waals surface area contributed by atoms with Gasteiger partial charge in [0.25, 0.3) is 5.91 Å². The zero-order valence-corrected chi connectivity index (χ0v) is 13.9. The molecule has 0 radical (unpaired) electrons. The fourth-order valence-corrected chi connectivity index (χ4v) is 2.51. The highest BCUT2D eigenvalue weighted by Crippen LogP contribution is 2.14. The number of piperazine rings is 1. The SMILES string of the molecule is CC(C)NC(=O)c1cnc(N2CCN(c3ncccn3)CC2)nc1. The first kappa shape index (κ1) is 16.1. The van der Waals surface area contributed by atoms with Gasteiger partial charge in [-0.05, 0) is 19.9 Å². The van der Waals surface area contributed by atoms with Crippen molar-refractivity contribution in [1.29, 1.82) is 0 Å². The summed E-state index contributed by atoms with van der Waals surface area (Å²) in [4.78, 5) is 33.4. The van der Waals surface area contributed by atoms with E-state index in [2.05, 4.69) is 35.1 Å². The van der Waals surface area contributed by atoms with Gasteiger partial charge in [0.2, 0.25) is 11.9 Å². The van der Waals surface area contributed by atoms with E-state index in [-0.39, 0.29) is 11.9 Å². The van der Waals surface area contributed by atoms with E-state index in [9.17, 15) is 4.79 Å². The van der Waals surface area contributed by atoms with Crippen molar-refractivity contribution in [3.63, 3.8) is 0 Å². The number of nitrogens with one attached hydrogen (secondary N) is 1. The van der Waals surface area contributed by atoms with Crippen molar-refractivity contribution in [3.05, 3.63) is 36.4 Å². The topological polar surface area (TPSA) is 87.1 Å². The largest absolute Gasteiger partial charge is 0.350 e. The van der Waals surface area contributed by atoms with Gasteiger partial charge in [-0.1, -0.05) is 0 Å². The molecular weight excluding hydrogens is 306 g/mol. The van der Waals surface area contributed by atoms with E-state index in [0.29, 0.717) is 11.5 Å². The Kier molecular flexibility index (Phi) is 4.83. The maximum Gasteiger partial charge on any atom is 0.254 e. The predicted octanol–water partition coefficient (Wildman–Crippen LogP) is 0.731. The Hall–Kier alpha value is -2.77. The van der Waals surface area contributed by atoms with Gasteiger partial charge in [-0.25, -0.2) is 19.9 Å². The summed E-state index contributed by atoms with van der Waals surface area (Å²) in [7, 11) is 0. The number of aromatic nitrogens is 4. The molecule has 1 aliphatic rings. The van der Waals surface area contributed by atoms with Crippen LogP contribution in [-0.2, 0) is 0 Å². The lowest BCUT2D eigenvalue weighted by atomic mass is 10.3. The van der Waals surface area contributed by atoms with Crippen molar-refractivity contribution in [2.75, 3.05) is 36.0 Å². The van der Waals surface area contributed by atoms with Gasteiger partial charge in [-0.15, -0.1) is 0 Å². The van der Waals surface area contributed by atoms with Crippen LogP contribution in [0.4, 0.5) is 11.9 Å². The lowest BCUT2D eigenvalue weighted by Gasteiger charge is -2.34. The van der Waals surface area contributed by atoms with Gasteiger partial charge in [-0.3, -0.25) is 4.79 Å². The van der Waals surface area contributed by atoms with Gasteiger partial charge in [0.15, 0.2) is 0 Å². The van der Waals surface area contributed by atoms with Crippen LogP contribution < -0.4 is 15.1 Å². The normalized spacial score (nSPS) is 14.8. The van der Waals surface area contributed by atoms with Crippen LogP contribution in [-0.4, -0.2) is 58.1 Å². The summed E-state index contributed by atoms with van der Waals surface area (Å²) in [5.74, 6) is 1.24. The Morgan fingerprint density at radius 3 is 1.96 bits per heavy atom. The minimum absolute atomic E-state index is 0.0884. The summed E-state index contributed by atoms with van der Waals surface area (Å²) in [5, 5.41) is 2.83. The van der Waals surface area contributed by atoms with Crippen molar-refractivity contribution in [1.82, 2.24) is 25.3 Å². The fraction of sp³-hybridized carbons (Fsp3) is 0.438. The Morgan fingerprint density at radius 2 is 1.46 bits per heavy atom. The molecule has 3 heterocycles. The molecule has 8 nitrogen and oxygen atoms in total. The van der Waals surface area contributed by atoms with E-state index in [1.54, 1.807) is 24.8 Å². The standard InChI is InChI=1S/C16H21N7O/c1-12(2)21-14(24)13-10-19-16(20-11-13)23-8-6-22(7-9-23)15-17-4-3-5-18-15/h3-5,10-12H,6-9H2,1-2H3,(H,21,24). The van der Waals surface area contributed by atoms with Crippen LogP contribution >= 0.6 is 0 Å². The molecule has 126 valence electrons. The molecule has 0 atom stereocenters. The van der Waals surface area contributed by atoms with Crippen molar-refractivity contribution in [3.8, 4) is 0 Å². The average Bonchev–Trinajstić information content (AvgIpc) is 2.62. The first-order valence-corrected chi connectivity index (χ1v) is 8.03. The van der Waals surface area contributed by atoms with Gasteiger partial charge in [0.1, 0.15) is 0 Å². The number of amides is 1. The molecule has 0 bridgehead atoms. The zero-order valence-electron chi connectivity index (χ0n) is 13.9. The van der Waals surface area contributed by atoms with Crippen LogP contribution in [0, 0.1) is 0 Å². The third kappa shape index (κ3) is 3.76. The summed E-state index contributed by atoms with van der Waals surface area (Å²) < 4.78 is 0. The van der Waals surface area contributed by atoms with Crippen molar-refractivity contribution < 1.29 is 4.79 Å². The van der Waals surface area contributed by atoms with E-state index in [1.807, 2.05) is 19.9 Å².